The minimum Gasteiger partial charge on any atom is -0.337 e. The molecule has 24 heavy (non-hydrogen) atoms. The van der Waals surface area contributed by atoms with Crippen LogP contribution in [0.4, 0.5) is 5.95 Å². The molecule has 3 aliphatic rings. The lowest BCUT2D eigenvalue weighted by molar-refractivity contribution is -0.143. The summed E-state index contributed by atoms with van der Waals surface area (Å²) in [5, 5.41) is 0. The summed E-state index contributed by atoms with van der Waals surface area (Å²) in [6.45, 7) is 4.83. The summed E-state index contributed by atoms with van der Waals surface area (Å²) in [6, 6.07) is 1.50. The van der Waals surface area contributed by atoms with E-state index < -0.39 is 0 Å². The van der Waals surface area contributed by atoms with Crippen molar-refractivity contribution in [3.8, 4) is 0 Å². The Morgan fingerprint density at radius 1 is 1.25 bits per heavy atom. The monoisotopic (exact) mass is 347 g/mol. The molecule has 8 heteroatoms. The van der Waals surface area contributed by atoms with E-state index in [1.54, 1.807) is 30.2 Å². The third kappa shape index (κ3) is 2.53. The van der Waals surface area contributed by atoms with Crippen molar-refractivity contribution in [2.45, 2.75) is 30.7 Å². The zero-order valence-corrected chi connectivity index (χ0v) is 14.5. The van der Waals surface area contributed by atoms with Crippen LogP contribution in [0, 0.1) is 0 Å². The molecule has 0 radical (unpaired) electrons. The number of rotatable bonds is 2. The van der Waals surface area contributed by atoms with Crippen molar-refractivity contribution < 1.29 is 9.59 Å². The smallest absolute Gasteiger partial charge is 0.246 e. The molecule has 0 aliphatic carbocycles. The molecular weight excluding hydrogens is 326 g/mol. The molecule has 4 rings (SSSR count). The van der Waals surface area contributed by atoms with Gasteiger partial charge in [-0.05, 0) is 19.4 Å². The Balaban J connectivity index is 1.41. The van der Waals surface area contributed by atoms with Crippen molar-refractivity contribution in [3.63, 3.8) is 0 Å². The van der Waals surface area contributed by atoms with Crippen molar-refractivity contribution in [1.29, 1.82) is 0 Å². The van der Waals surface area contributed by atoms with Gasteiger partial charge in [0, 0.05) is 50.7 Å². The number of aromatic nitrogens is 2. The summed E-state index contributed by atoms with van der Waals surface area (Å²) in [7, 11) is 0. The highest BCUT2D eigenvalue weighted by molar-refractivity contribution is 8.01. The van der Waals surface area contributed by atoms with Gasteiger partial charge in [0.05, 0.1) is 4.87 Å². The van der Waals surface area contributed by atoms with Crippen LogP contribution in [-0.2, 0) is 9.59 Å². The van der Waals surface area contributed by atoms with Gasteiger partial charge >= 0.3 is 0 Å². The Kier molecular flexibility index (Phi) is 3.86. The Labute approximate surface area is 145 Å². The van der Waals surface area contributed by atoms with Gasteiger partial charge < -0.3 is 14.7 Å². The molecular formula is C16H21N5O2S. The number of carbonyl (C=O) groups is 2. The zero-order valence-electron chi connectivity index (χ0n) is 13.7. The highest BCUT2D eigenvalue weighted by Crippen LogP contribution is 2.47. The second-order valence-corrected chi connectivity index (χ2v) is 8.13. The number of anilines is 1. The lowest BCUT2D eigenvalue weighted by Gasteiger charge is -2.38. The zero-order chi connectivity index (χ0) is 16.7. The lowest BCUT2D eigenvalue weighted by atomic mass is 10.2. The summed E-state index contributed by atoms with van der Waals surface area (Å²) >= 11 is 1.74. The van der Waals surface area contributed by atoms with Gasteiger partial charge in [-0.15, -0.1) is 11.8 Å². The third-order valence-corrected chi connectivity index (χ3v) is 6.66. The second kappa shape index (κ2) is 5.91. The normalized spacial score (nSPS) is 30.0. The van der Waals surface area contributed by atoms with Crippen LogP contribution in [0.2, 0.25) is 0 Å². The molecule has 128 valence electrons. The Morgan fingerprint density at radius 3 is 2.67 bits per heavy atom. The van der Waals surface area contributed by atoms with Crippen molar-refractivity contribution in [2.24, 2.45) is 0 Å². The fourth-order valence-electron chi connectivity index (χ4n) is 3.80. The fourth-order valence-corrected chi connectivity index (χ4v) is 5.22. The highest BCUT2D eigenvalue weighted by atomic mass is 32.2. The first-order valence-electron chi connectivity index (χ1n) is 8.35. The number of carbonyl (C=O) groups excluding carboxylic acids is 2. The maximum atomic E-state index is 12.9. The minimum absolute atomic E-state index is 0.0927. The van der Waals surface area contributed by atoms with Gasteiger partial charge in [0.15, 0.2) is 0 Å². The Morgan fingerprint density at radius 2 is 1.96 bits per heavy atom. The van der Waals surface area contributed by atoms with Crippen LogP contribution >= 0.6 is 11.8 Å². The summed E-state index contributed by atoms with van der Waals surface area (Å²) in [5.74, 6) is 1.64. The number of thioether (sulfide) groups is 1. The van der Waals surface area contributed by atoms with Crippen LogP contribution in [0.15, 0.2) is 18.5 Å². The van der Waals surface area contributed by atoms with Gasteiger partial charge in [-0.2, -0.15) is 0 Å². The van der Waals surface area contributed by atoms with Crippen LogP contribution < -0.4 is 4.90 Å². The number of nitrogens with zero attached hydrogens (tertiary/aromatic N) is 5. The molecule has 0 spiro atoms. The molecule has 1 aromatic rings. The molecule has 2 amide bonds. The summed E-state index contributed by atoms with van der Waals surface area (Å²) in [4.78, 5) is 39.3. The number of fused-ring (bicyclic) bond motifs is 1. The van der Waals surface area contributed by atoms with Crippen LogP contribution in [-0.4, -0.2) is 74.4 Å². The van der Waals surface area contributed by atoms with Crippen molar-refractivity contribution in [3.05, 3.63) is 18.5 Å². The van der Waals surface area contributed by atoms with Crippen molar-refractivity contribution in [1.82, 2.24) is 19.8 Å². The molecule has 7 nitrogen and oxygen atoms in total. The number of piperazine rings is 1. The van der Waals surface area contributed by atoms with Gasteiger partial charge in [-0.3, -0.25) is 9.59 Å². The summed E-state index contributed by atoms with van der Waals surface area (Å²) < 4.78 is 0. The van der Waals surface area contributed by atoms with Gasteiger partial charge in [0.25, 0.3) is 0 Å². The van der Waals surface area contributed by atoms with E-state index in [0.29, 0.717) is 31.2 Å². The predicted octanol–water partition coefficient (Wildman–Crippen LogP) is 0.579. The summed E-state index contributed by atoms with van der Waals surface area (Å²) in [5.41, 5.74) is 0. The van der Waals surface area contributed by atoms with Crippen molar-refractivity contribution >= 4 is 29.5 Å². The van der Waals surface area contributed by atoms with Crippen LogP contribution in [0.25, 0.3) is 0 Å². The molecule has 4 heterocycles. The van der Waals surface area contributed by atoms with Gasteiger partial charge in [-0.25, -0.2) is 9.97 Å². The Hall–Kier alpha value is -1.83. The predicted molar refractivity (Wildman–Crippen MR) is 91.6 cm³/mol. The number of amides is 2. The van der Waals surface area contributed by atoms with Crippen LogP contribution in [0.3, 0.4) is 0 Å². The third-order valence-electron chi connectivity index (χ3n) is 5.16. The van der Waals surface area contributed by atoms with Gasteiger partial charge in [-0.1, -0.05) is 0 Å². The van der Waals surface area contributed by atoms with Gasteiger partial charge in [0.1, 0.15) is 6.04 Å². The molecule has 3 saturated heterocycles. The first-order chi connectivity index (χ1) is 11.6. The first-order valence-corrected chi connectivity index (χ1v) is 9.34. The van der Waals surface area contributed by atoms with E-state index in [-0.39, 0.29) is 22.7 Å². The fraction of sp³-hybridized carbons (Fsp3) is 0.625. The quantitative estimate of drug-likeness (QED) is 0.779. The number of hydrogen-bond acceptors (Lipinski definition) is 6. The SMILES string of the molecule is C[C@@]12CCC(=O)N1[C@@H](C(=O)N1CCN(c3ncccn3)CC1)CS2. The maximum absolute atomic E-state index is 12.9. The maximum Gasteiger partial charge on any atom is 0.246 e. The van der Waals surface area contributed by atoms with E-state index in [0.717, 1.165) is 19.5 Å². The second-order valence-electron chi connectivity index (χ2n) is 6.63. The van der Waals surface area contributed by atoms with Crippen LogP contribution in [0.1, 0.15) is 19.8 Å². The van der Waals surface area contributed by atoms with E-state index in [4.69, 9.17) is 0 Å². The lowest BCUT2D eigenvalue weighted by Crippen LogP contribution is -2.56. The van der Waals surface area contributed by atoms with Crippen molar-refractivity contribution in [2.75, 3.05) is 36.8 Å². The summed E-state index contributed by atoms with van der Waals surface area (Å²) in [6.07, 6.45) is 4.87. The molecule has 0 saturated carbocycles. The standard InChI is InChI=1S/C16H21N5O2S/c1-16-4-3-13(22)21(16)12(11-24-16)14(23)19-7-9-20(10-8-19)15-17-5-2-6-18-15/h2,5-6,12H,3-4,7-11H2,1H3/t12-,16-/m1/s1. The topological polar surface area (TPSA) is 69.6 Å². The molecule has 0 bridgehead atoms. The largest absolute Gasteiger partial charge is 0.337 e. The average molecular weight is 347 g/mol. The molecule has 0 N–H and O–H groups in total. The van der Waals surface area contributed by atoms with Gasteiger partial charge in [0.2, 0.25) is 17.8 Å². The molecule has 3 fully saturated rings. The molecule has 1 aromatic heterocycles. The van der Waals surface area contributed by atoms with Crippen LogP contribution in [0.5, 0.6) is 0 Å². The molecule has 3 aliphatic heterocycles. The van der Waals surface area contributed by atoms with E-state index in [1.807, 2.05) is 9.80 Å². The van der Waals surface area contributed by atoms with E-state index >= 15 is 0 Å². The Bertz CT molecular complexity index is 649. The molecule has 2 atom stereocenters. The highest BCUT2D eigenvalue weighted by Gasteiger charge is 2.53. The van der Waals surface area contributed by atoms with E-state index in [9.17, 15) is 9.59 Å². The number of hydrogen-bond donors (Lipinski definition) is 0. The molecule has 0 unspecified atom stereocenters. The minimum atomic E-state index is -0.297. The van der Waals surface area contributed by atoms with E-state index in [2.05, 4.69) is 21.8 Å². The first kappa shape index (κ1) is 15.7. The average Bonchev–Trinajstić information content (AvgIpc) is 3.11. The van der Waals surface area contributed by atoms with E-state index in [1.165, 1.54) is 0 Å². The molecule has 0 aromatic carbocycles.